The lowest BCUT2D eigenvalue weighted by atomic mass is 9.91. The van der Waals surface area contributed by atoms with Gasteiger partial charge in [0.1, 0.15) is 0 Å². The van der Waals surface area contributed by atoms with Gasteiger partial charge in [-0.15, -0.1) is 0 Å². The smallest absolute Gasteiger partial charge is 0.0547 e. The number of hydrogen-bond donors (Lipinski definition) is 0. The predicted octanol–water partition coefficient (Wildman–Crippen LogP) is 34.1. The molecule has 0 aliphatic heterocycles. The summed E-state index contributed by atoms with van der Waals surface area (Å²) in [5.74, 6) is 0. The standard InChI is InChI=1S/C66H44N2.C60H40N2/c1-4-17-45(18-5-1)48-23-14-24-49(37-48)54-38-55(52-34-36-65-62(43-52)60-30-11-13-32-64(60)67(65)57-27-15-25-50(41-57)46-19-6-2-7-20-46)40-56(39-54)53-33-35-61-59-29-10-12-31-63(59)68(66(61)44-53)58-28-16-26-51(42-58)47-21-8-3-9-22-47;1-4-15-41(16-5-1)43-27-31-52(32-28-43)61-58-26-13-11-24-54(58)56-39-46(30-34-59(56)61)49-36-48(45-20-14-19-44(35-45)42-17-6-2-7-18-42)37-50(38-49)47-29-33-55-53-23-10-12-25-57(53)62(60(55)40-47)51-21-8-3-9-22-51/h1-44H;1-40H. The molecule has 25 aromatic rings. The van der Waals surface area contributed by atoms with Gasteiger partial charge >= 0.3 is 0 Å². The van der Waals surface area contributed by atoms with Crippen LogP contribution in [0.1, 0.15) is 0 Å². The lowest BCUT2D eigenvalue weighted by Gasteiger charge is -2.14. The zero-order valence-corrected chi connectivity index (χ0v) is 71.3. The van der Waals surface area contributed by atoms with E-state index in [2.05, 4.69) is 528 Å². The van der Waals surface area contributed by atoms with Gasteiger partial charge in [-0.1, -0.05) is 352 Å². The van der Waals surface area contributed by atoms with Crippen molar-refractivity contribution in [1.29, 1.82) is 0 Å². The molecule has 0 aliphatic carbocycles. The number of hydrogen-bond acceptors (Lipinski definition) is 0. The van der Waals surface area contributed by atoms with Crippen LogP contribution >= 0.6 is 0 Å². The maximum atomic E-state index is 2.44. The van der Waals surface area contributed by atoms with Crippen LogP contribution in [0, 0.1) is 0 Å². The SMILES string of the molecule is c1ccc(-c2ccc(-n3c4ccccc4c4cc(-c5cc(-c6cccc(-c7ccccc7)c6)cc(-c6ccc7c8ccccc8n(-c8ccccc8)c7c6)c5)ccc43)cc2)cc1.c1ccc(-c2cccc(-c3cc(-c4ccc5c(c4)c4ccccc4n5-c4cccc(-c5ccccc5)c4)cc(-c4ccc5c6ccccc6n(-c6cccc(-c7ccccc7)c6)c5c4)c3)c2)cc1. The van der Waals surface area contributed by atoms with Gasteiger partial charge in [-0.3, -0.25) is 0 Å². The Hall–Kier alpha value is -17.2. The van der Waals surface area contributed by atoms with E-state index >= 15 is 0 Å². The third kappa shape index (κ3) is 14.0. The first kappa shape index (κ1) is 76.5. The largest absolute Gasteiger partial charge is 0.309 e. The minimum Gasteiger partial charge on any atom is -0.309 e. The van der Waals surface area contributed by atoms with Gasteiger partial charge in [0.15, 0.2) is 0 Å². The Labute approximate surface area is 754 Å². The number of benzene rings is 21. The van der Waals surface area contributed by atoms with Crippen LogP contribution in [0.5, 0.6) is 0 Å². The topological polar surface area (TPSA) is 19.7 Å². The minimum absolute atomic E-state index is 1.14. The summed E-state index contributed by atoms with van der Waals surface area (Å²) in [6.07, 6.45) is 0. The summed E-state index contributed by atoms with van der Waals surface area (Å²) < 4.78 is 9.66. The Morgan fingerprint density at radius 1 is 0.0846 bits per heavy atom. The van der Waals surface area contributed by atoms with Crippen molar-refractivity contribution in [3.63, 3.8) is 0 Å². The quantitative estimate of drug-likeness (QED) is 0.0975. The minimum atomic E-state index is 1.14. The number of para-hydroxylation sites is 5. The van der Waals surface area contributed by atoms with E-state index in [1.54, 1.807) is 0 Å². The lowest BCUT2D eigenvalue weighted by molar-refractivity contribution is 1.18. The summed E-state index contributed by atoms with van der Waals surface area (Å²) in [5.41, 5.74) is 40.3. The molecule has 0 saturated carbocycles. The van der Waals surface area contributed by atoms with E-state index in [1.807, 2.05) is 0 Å². The summed E-state index contributed by atoms with van der Waals surface area (Å²) in [5, 5.41) is 9.91. The van der Waals surface area contributed by atoms with Crippen LogP contribution in [0.25, 0.3) is 232 Å². The zero-order valence-electron chi connectivity index (χ0n) is 71.3. The van der Waals surface area contributed by atoms with Crippen LogP contribution in [0.4, 0.5) is 0 Å². The molecule has 0 fully saturated rings. The average Bonchev–Trinajstić information content (AvgIpc) is 1.44. The number of aromatic nitrogens is 4. The summed E-state index contributed by atoms with van der Waals surface area (Å²) in [6, 6.07) is 186. The first-order valence-electron chi connectivity index (χ1n) is 44.7. The molecule has 0 atom stereocenters. The molecule has 0 spiro atoms. The third-order valence-electron chi connectivity index (χ3n) is 26.2. The fourth-order valence-electron chi connectivity index (χ4n) is 19.9. The Bertz CT molecular complexity index is 8610. The zero-order chi connectivity index (χ0) is 86.0. The molecule has 0 saturated heterocycles. The molecule has 0 bridgehead atoms. The Morgan fingerprint density at radius 2 is 0.277 bits per heavy atom. The van der Waals surface area contributed by atoms with Crippen LogP contribution < -0.4 is 0 Å². The Balaban J connectivity index is 0.000000145. The Kier molecular flexibility index (Phi) is 19.3. The second-order valence-corrected chi connectivity index (χ2v) is 33.9. The molecular formula is C126H84N4. The van der Waals surface area contributed by atoms with E-state index in [1.165, 1.54) is 210 Å². The van der Waals surface area contributed by atoms with Crippen molar-refractivity contribution < 1.29 is 0 Å². The molecule has 4 heterocycles. The highest BCUT2D eigenvalue weighted by molar-refractivity contribution is 6.15. The van der Waals surface area contributed by atoms with Gasteiger partial charge in [0, 0.05) is 65.8 Å². The molecule has 0 unspecified atom stereocenters. The van der Waals surface area contributed by atoms with Gasteiger partial charge in [-0.05, 0) is 280 Å². The summed E-state index contributed by atoms with van der Waals surface area (Å²) in [4.78, 5) is 0. The molecule has 0 amide bonds. The second-order valence-electron chi connectivity index (χ2n) is 33.9. The number of fused-ring (bicyclic) bond motifs is 12. The fraction of sp³-hybridized carbons (Fsp3) is 0. The molecule has 0 radical (unpaired) electrons. The first-order valence-corrected chi connectivity index (χ1v) is 44.7. The third-order valence-corrected chi connectivity index (χ3v) is 26.2. The van der Waals surface area contributed by atoms with E-state index in [-0.39, 0.29) is 0 Å². The molecule has 4 nitrogen and oxygen atoms in total. The average molecular weight is 1650 g/mol. The van der Waals surface area contributed by atoms with Crippen LogP contribution in [0.15, 0.2) is 510 Å². The summed E-state index contributed by atoms with van der Waals surface area (Å²) in [6.45, 7) is 0. The highest BCUT2D eigenvalue weighted by atomic mass is 15.0. The fourth-order valence-corrected chi connectivity index (χ4v) is 19.9. The van der Waals surface area contributed by atoms with E-state index in [0.29, 0.717) is 0 Å². The molecule has 25 rings (SSSR count). The van der Waals surface area contributed by atoms with Crippen molar-refractivity contribution in [3.8, 4) is 145 Å². The second kappa shape index (κ2) is 32.7. The molecule has 21 aromatic carbocycles. The Morgan fingerprint density at radius 3 is 0.638 bits per heavy atom. The summed E-state index contributed by atoms with van der Waals surface area (Å²) in [7, 11) is 0. The highest BCUT2D eigenvalue weighted by Gasteiger charge is 2.22. The number of rotatable bonds is 15. The monoisotopic (exact) mass is 1650 g/mol. The highest BCUT2D eigenvalue weighted by Crippen LogP contribution is 2.46. The van der Waals surface area contributed by atoms with Gasteiger partial charge in [-0.25, -0.2) is 0 Å². The predicted molar refractivity (Wildman–Crippen MR) is 550 cm³/mol. The van der Waals surface area contributed by atoms with Crippen LogP contribution in [0.2, 0.25) is 0 Å². The van der Waals surface area contributed by atoms with Gasteiger partial charge in [0.2, 0.25) is 0 Å². The van der Waals surface area contributed by atoms with Gasteiger partial charge in [0.25, 0.3) is 0 Å². The maximum absolute atomic E-state index is 2.44. The van der Waals surface area contributed by atoms with Gasteiger partial charge in [0.05, 0.1) is 44.1 Å². The number of nitrogens with zero attached hydrogens (tertiary/aromatic N) is 4. The van der Waals surface area contributed by atoms with Crippen molar-refractivity contribution >= 4 is 87.2 Å². The summed E-state index contributed by atoms with van der Waals surface area (Å²) >= 11 is 0. The van der Waals surface area contributed by atoms with Crippen LogP contribution in [0.3, 0.4) is 0 Å². The normalized spacial score (nSPS) is 11.5. The molecule has 130 heavy (non-hydrogen) atoms. The lowest BCUT2D eigenvalue weighted by Crippen LogP contribution is -1.95. The first-order chi connectivity index (χ1) is 64.4. The van der Waals surface area contributed by atoms with Crippen LogP contribution in [-0.2, 0) is 0 Å². The van der Waals surface area contributed by atoms with Crippen LogP contribution in [-0.4, -0.2) is 18.3 Å². The van der Waals surface area contributed by atoms with E-state index in [0.717, 1.165) is 22.7 Å². The van der Waals surface area contributed by atoms with Crippen molar-refractivity contribution in [1.82, 2.24) is 18.3 Å². The molecule has 0 aliphatic rings. The van der Waals surface area contributed by atoms with Crippen molar-refractivity contribution in [2.24, 2.45) is 0 Å². The molecule has 4 heteroatoms. The van der Waals surface area contributed by atoms with E-state index in [9.17, 15) is 0 Å². The molecular weight excluding hydrogens is 1570 g/mol. The molecule has 0 N–H and O–H groups in total. The molecule has 4 aromatic heterocycles. The van der Waals surface area contributed by atoms with Crippen molar-refractivity contribution in [2.75, 3.05) is 0 Å². The van der Waals surface area contributed by atoms with Crippen molar-refractivity contribution in [3.05, 3.63) is 510 Å². The maximum Gasteiger partial charge on any atom is 0.0547 e. The van der Waals surface area contributed by atoms with E-state index < -0.39 is 0 Å². The van der Waals surface area contributed by atoms with Gasteiger partial charge in [-0.2, -0.15) is 0 Å². The molecule has 608 valence electrons. The van der Waals surface area contributed by atoms with Crippen molar-refractivity contribution in [2.45, 2.75) is 0 Å². The van der Waals surface area contributed by atoms with Gasteiger partial charge < -0.3 is 18.3 Å². The van der Waals surface area contributed by atoms with E-state index in [4.69, 9.17) is 0 Å².